The van der Waals surface area contributed by atoms with E-state index in [1.807, 2.05) is 4.90 Å². The largest absolute Gasteiger partial charge is 0.447 e. The first-order valence-corrected chi connectivity index (χ1v) is 12.8. The predicted molar refractivity (Wildman–Crippen MR) is 133 cm³/mol. The highest BCUT2D eigenvalue weighted by Gasteiger charge is 2.26. The van der Waals surface area contributed by atoms with E-state index in [-0.39, 0.29) is 12.0 Å². The molecule has 0 radical (unpaired) electrons. The number of piperazine rings is 2. The van der Waals surface area contributed by atoms with Gasteiger partial charge in [-0.15, -0.1) is 0 Å². The first-order chi connectivity index (χ1) is 16.6. The average Bonchev–Trinajstić information content (AvgIpc) is 3.33. The normalized spacial score (nSPS) is 18.9. The lowest BCUT2D eigenvalue weighted by Crippen LogP contribution is -2.49. The molecular formula is C26H39N5O3. The minimum atomic E-state index is -0.236. The van der Waals surface area contributed by atoms with Gasteiger partial charge in [0.1, 0.15) is 6.26 Å². The fourth-order valence-electron chi connectivity index (χ4n) is 4.96. The lowest BCUT2D eigenvalue weighted by Gasteiger charge is -2.36. The first-order valence-electron chi connectivity index (χ1n) is 12.8. The summed E-state index contributed by atoms with van der Waals surface area (Å²) in [6, 6.07) is 8.52. The highest BCUT2D eigenvalue weighted by molar-refractivity contribution is 5.92. The van der Waals surface area contributed by atoms with E-state index < -0.39 is 0 Å². The predicted octanol–water partition coefficient (Wildman–Crippen LogP) is 2.48. The molecule has 2 aliphatic heterocycles. The summed E-state index contributed by atoms with van der Waals surface area (Å²) in [4.78, 5) is 26.4. The third-order valence-electron chi connectivity index (χ3n) is 6.97. The summed E-state index contributed by atoms with van der Waals surface area (Å²) in [5.74, 6) is 0.548. The minimum Gasteiger partial charge on any atom is -0.447 e. The number of hydrogen-bond donors (Lipinski definition) is 1. The molecular weight excluding hydrogens is 430 g/mol. The Morgan fingerprint density at radius 3 is 2.44 bits per heavy atom. The number of carbonyl (C=O) groups excluding carboxylic acids is 1. The van der Waals surface area contributed by atoms with E-state index >= 15 is 0 Å². The van der Waals surface area contributed by atoms with E-state index in [1.54, 1.807) is 0 Å². The molecule has 0 saturated carbocycles. The number of aliphatic hydroxyl groups excluding tert-OH is 1. The number of para-hydroxylation sites is 1. The van der Waals surface area contributed by atoms with Crippen LogP contribution in [0.1, 0.15) is 48.6 Å². The van der Waals surface area contributed by atoms with Gasteiger partial charge in [0.2, 0.25) is 5.89 Å². The molecule has 0 spiro atoms. The topological polar surface area (TPSA) is 76.3 Å². The third-order valence-corrected chi connectivity index (χ3v) is 6.97. The van der Waals surface area contributed by atoms with Crippen LogP contribution in [0.25, 0.3) is 0 Å². The van der Waals surface area contributed by atoms with Gasteiger partial charge >= 0.3 is 0 Å². The van der Waals surface area contributed by atoms with Crippen molar-refractivity contribution in [1.82, 2.24) is 19.7 Å². The molecule has 1 N–H and O–H groups in total. The highest BCUT2D eigenvalue weighted by atomic mass is 16.3. The molecule has 2 fully saturated rings. The van der Waals surface area contributed by atoms with Gasteiger partial charge in [-0.25, -0.2) is 4.98 Å². The third kappa shape index (κ3) is 6.17. The maximum Gasteiger partial charge on any atom is 0.275 e. The van der Waals surface area contributed by atoms with Gasteiger partial charge in [-0.1, -0.05) is 38.5 Å². The Bertz CT molecular complexity index is 917. The number of nitrogens with zero attached hydrogens (tertiary/aromatic N) is 5. The van der Waals surface area contributed by atoms with Crippen molar-refractivity contribution in [3.05, 3.63) is 47.7 Å². The lowest BCUT2D eigenvalue weighted by atomic mass is 10.1. The molecule has 8 nitrogen and oxygen atoms in total. The van der Waals surface area contributed by atoms with Crippen LogP contribution in [-0.4, -0.2) is 95.7 Å². The van der Waals surface area contributed by atoms with Crippen LogP contribution in [0.4, 0.5) is 5.69 Å². The molecule has 1 aromatic heterocycles. The standard InChI is InChI=1S/C26H39N5O3/c1-3-7-22(32)18-28-10-12-29(13-11-28)19-25-27-23(20-34-25)26(33)31-16-14-30(15-17-31)24-9-6-5-8-21(24)4-2/h5-6,8-9,20,22,32H,3-4,7,10-19H2,1-2H3/t22-/m1/s1. The maximum atomic E-state index is 13.0. The van der Waals surface area contributed by atoms with Crippen LogP contribution in [0.5, 0.6) is 0 Å². The summed E-state index contributed by atoms with van der Waals surface area (Å²) in [6.45, 7) is 12.3. The SMILES string of the molecule is CCC[C@@H](O)CN1CCN(Cc2nc(C(=O)N3CCN(c4ccccc4CC)CC3)co2)CC1. The number of benzene rings is 1. The Balaban J connectivity index is 1.24. The molecule has 4 rings (SSSR count). The molecule has 2 aliphatic rings. The summed E-state index contributed by atoms with van der Waals surface area (Å²) >= 11 is 0. The molecule has 0 unspecified atom stereocenters. The Morgan fingerprint density at radius 2 is 1.74 bits per heavy atom. The van der Waals surface area contributed by atoms with Crippen molar-refractivity contribution in [3.8, 4) is 0 Å². The quantitative estimate of drug-likeness (QED) is 0.605. The summed E-state index contributed by atoms with van der Waals surface area (Å²) in [5, 5.41) is 10.0. The van der Waals surface area contributed by atoms with Gasteiger partial charge in [-0.3, -0.25) is 14.6 Å². The second kappa shape index (κ2) is 11.8. The number of β-amino-alcohol motifs (C(OH)–C–C–N with tert-alkyl or cyclic N) is 1. The summed E-state index contributed by atoms with van der Waals surface area (Å²) in [5.41, 5.74) is 3.03. The maximum absolute atomic E-state index is 13.0. The van der Waals surface area contributed by atoms with Gasteiger partial charge in [0.25, 0.3) is 5.91 Å². The van der Waals surface area contributed by atoms with Crippen LogP contribution < -0.4 is 4.90 Å². The van der Waals surface area contributed by atoms with Crippen molar-refractivity contribution >= 4 is 11.6 Å². The molecule has 3 heterocycles. The molecule has 2 saturated heterocycles. The summed E-state index contributed by atoms with van der Waals surface area (Å²) in [7, 11) is 0. The van der Waals surface area contributed by atoms with Crippen LogP contribution in [0.3, 0.4) is 0 Å². The smallest absolute Gasteiger partial charge is 0.275 e. The first kappa shape index (κ1) is 24.7. The van der Waals surface area contributed by atoms with E-state index in [2.05, 4.69) is 57.8 Å². The zero-order valence-corrected chi connectivity index (χ0v) is 20.7. The van der Waals surface area contributed by atoms with E-state index in [0.29, 0.717) is 31.2 Å². The average molecular weight is 470 g/mol. The van der Waals surface area contributed by atoms with Gasteiger partial charge < -0.3 is 19.3 Å². The minimum absolute atomic E-state index is 0.0480. The van der Waals surface area contributed by atoms with Crippen LogP contribution in [0.15, 0.2) is 34.9 Å². The van der Waals surface area contributed by atoms with E-state index in [9.17, 15) is 9.90 Å². The van der Waals surface area contributed by atoms with E-state index in [1.165, 1.54) is 17.5 Å². The molecule has 34 heavy (non-hydrogen) atoms. The molecule has 1 amide bonds. The van der Waals surface area contributed by atoms with Crippen LogP contribution in [-0.2, 0) is 13.0 Å². The van der Waals surface area contributed by atoms with Crippen molar-refractivity contribution < 1.29 is 14.3 Å². The van der Waals surface area contributed by atoms with Crippen molar-refractivity contribution in [2.24, 2.45) is 0 Å². The van der Waals surface area contributed by atoms with Crippen molar-refractivity contribution in [2.45, 2.75) is 45.8 Å². The van der Waals surface area contributed by atoms with Crippen LogP contribution in [0, 0.1) is 0 Å². The van der Waals surface area contributed by atoms with Gasteiger partial charge in [-0.2, -0.15) is 0 Å². The zero-order chi connectivity index (χ0) is 23.9. The van der Waals surface area contributed by atoms with Gasteiger partial charge in [0.15, 0.2) is 5.69 Å². The molecule has 0 bridgehead atoms. The number of aryl methyl sites for hydroxylation is 1. The number of oxazole rings is 1. The zero-order valence-electron chi connectivity index (χ0n) is 20.7. The number of carbonyl (C=O) groups is 1. The molecule has 2 aromatic rings. The Morgan fingerprint density at radius 1 is 1.03 bits per heavy atom. The molecule has 8 heteroatoms. The van der Waals surface area contributed by atoms with E-state index in [4.69, 9.17) is 4.42 Å². The van der Waals surface area contributed by atoms with Crippen molar-refractivity contribution in [1.29, 1.82) is 0 Å². The number of amides is 1. The second-order valence-electron chi connectivity index (χ2n) is 9.41. The van der Waals surface area contributed by atoms with Gasteiger partial charge in [-0.05, 0) is 24.5 Å². The molecule has 186 valence electrons. The number of rotatable bonds is 9. The number of aliphatic hydroxyl groups is 1. The lowest BCUT2D eigenvalue weighted by molar-refractivity contribution is 0.0634. The summed E-state index contributed by atoms with van der Waals surface area (Å²) < 4.78 is 5.66. The monoisotopic (exact) mass is 469 g/mol. The van der Waals surface area contributed by atoms with Crippen molar-refractivity contribution in [2.75, 3.05) is 63.8 Å². The molecule has 1 atom stereocenters. The van der Waals surface area contributed by atoms with Gasteiger partial charge in [0, 0.05) is 64.6 Å². The Kier molecular flexibility index (Phi) is 8.59. The number of aromatic nitrogens is 1. The van der Waals surface area contributed by atoms with Crippen LogP contribution >= 0.6 is 0 Å². The summed E-state index contributed by atoms with van der Waals surface area (Å²) in [6.07, 6.45) is 4.14. The Labute approximate surface area is 203 Å². The molecule has 1 aromatic carbocycles. The number of hydrogen-bond acceptors (Lipinski definition) is 7. The molecule has 0 aliphatic carbocycles. The fraction of sp³-hybridized carbons (Fsp3) is 0.615. The van der Waals surface area contributed by atoms with Crippen LogP contribution in [0.2, 0.25) is 0 Å². The Hall–Kier alpha value is -2.42. The van der Waals surface area contributed by atoms with Crippen molar-refractivity contribution in [3.63, 3.8) is 0 Å². The highest BCUT2D eigenvalue weighted by Crippen LogP contribution is 2.23. The van der Waals surface area contributed by atoms with Gasteiger partial charge in [0.05, 0.1) is 12.6 Å². The van der Waals surface area contributed by atoms with E-state index in [0.717, 1.165) is 65.1 Å². The second-order valence-corrected chi connectivity index (χ2v) is 9.41. The fourth-order valence-corrected chi connectivity index (χ4v) is 4.96. The number of anilines is 1.